The van der Waals surface area contributed by atoms with Gasteiger partial charge in [0.25, 0.3) is 4.84 Å². The van der Waals surface area contributed by atoms with Crippen LogP contribution in [0.4, 0.5) is 5.69 Å². The second-order valence-corrected chi connectivity index (χ2v) is 7.06. The number of piperazine rings is 1. The Morgan fingerprint density at radius 2 is 2.00 bits per heavy atom. The number of pyridine rings is 1. The van der Waals surface area contributed by atoms with Crippen molar-refractivity contribution in [3.05, 3.63) is 53.6 Å². The Hall–Kier alpha value is -2.71. The zero-order valence-electron chi connectivity index (χ0n) is 15.9. The van der Waals surface area contributed by atoms with Gasteiger partial charge >= 0.3 is 0 Å². The van der Waals surface area contributed by atoms with Gasteiger partial charge in [0.15, 0.2) is 6.67 Å². The monoisotopic (exact) mass is 398 g/mol. The zero-order valence-corrected chi connectivity index (χ0v) is 16.7. The van der Waals surface area contributed by atoms with Crippen LogP contribution in [0.1, 0.15) is 6.92 Å². The predicted octanol–water partition coefficient (Wildman–Crippen LogP) is 2.03. The molecule has 28 heavy (non-hydrogen) atoms. The third-order valence-electron chi connectivity index (χ3n) is 4.86. The number of anilines is 1. The van der Waals surface area contributed by atoms with Crippen molar-refractivity contribution in [1.29, 1.82) is 0 Å². The maximum atomic E-state index is 5.78. The minimum absolute atomic E-state index is 0.399. The number of nitrogens with one attached hydrogen (secondary N) is 1. The van der Waals surface area contributed by atoms with Crippen molar-refractivity contribution in [3.8, 4) is 17.2 Å². The Kier molecular flexibility index (Phi) is 5.68. The summed E-state index contributed by atoms with van der Waals surface area (Å²) >= 11 is 5.36. The van der Waals surface area contributed by atoms with Crippen molar-refractivity contribution in [3.63, 3.8) is 0 Å². The molecular formula is C20H24N5O2S+. The quantitative estimate of drug-likeness (QED) is 0.641. The molecule has 0 bridgehead atoms. The summed E-state index contributed by atoms with van der Waals surface area (Å²) in [6, 6.07) is 12.0. The van der Waals surface area contributed by atoms with Crippen LogP contribution in [0.2, 0.25) is 0 Å². The van der Waals surface area contributed by atoms with Crippen molar-refractivity contribution >= 4 is 17.9 Å². The highest BCUT2D eigenvalue weighted by Crippen LogP contribution is 2.27. The lowest BCUT2D eigenvalue weighted by Crippen LogP contribution is -3.14. The van der Waals surface area contributed by atoms with E-state index in [0.29, 0.717) is 24.0 Å². The summed E-state index contributed by atoms with van der Waals surface area (Å²) in [4.78, 5) is 8.32. The van der Waals surface area contributed by atoms with E-state index < -0.39 is 0 Å². The summed E-state index contributed by atoms with van der Waals surface area (Å²) in [5, 5.41) is 4.54. The average Bonchev–Trinajstić information content (AvgIpc) is 3.10. The van der Waals surface area contributed by atoms with Crippen LogP contribution in [0.5, 0.6) is 5.75 Å². The highest BCUT2D eigenvalue weighted by molar-refractivity contribution is 7.71. The molecule has 0 aliphatic carbocycles. The zero-order chi connectivity index (χ0) is 19.3. The van der Waals surface area contributed by atoms with Crippen LogP contribution in [0.3, 0.4) is 0 Å². The Labute approximate surface area is 169 Å². The number of quaternary nitrogens is 1. The summed E-state index contributed by atoms with van der Waals surface area (Å²) in [7, 11) is 0. The second-order valence-electron chi connectivity index (χ2n) is 6.71. The van der Waals surface area contributed by atoms with Gasteiger partial charge in [-0.25, -0.2) is 0 Å². The molecule has 4 rings (SSSR count). The molecule has 3 heterocycles. The van der Waals surface area contributed by atoms with E-state index in [-0.39, 0.29) is 0 Å². The Morgan fingerprint density at radius 1 is 1.18 bits per heavy atom. The Morgan fingerprint density at radius 3 is 2.75 bits per heavy atom. The smallest absolute Gasteiger partial charge is 0.292 e. The molecular weight excluding hydrogens is 374 g/mol. The molecule has 1 fully saturated rings. The summed E-state index contributed by atoms with van der Waals surface area (Å²) in [6.45, 7) is 7.30. The molecule has 0 saturated carbocycles. The molecule has 1 saturated heterocycles. The van der Waals surface area contributed by atoms with E-state index in [9.17, 15) is 0 Å². The third kappa shape index (κ3) is 4.07. The van der Waals surface area contributed by atoms with Crippen LogP contribution < -0.4 is 14.5 Å². The fourth-order valence-corrected chi connectivity index (χ4v) is 3.63. The van der Waals surface area contributed by atoms with Crippen LogP contribution in [-0.2, 0) is 6.67 Å². The number of para-hydroxylation sites is 2. The summed E-state index contributed by atoms with van der Waals surface area (Å²) in [5.41, 5.74) is 2.00. The van der Waals surface area contributed by atoms with Crippen LogP contribution in [0.25, 0.3) is 11.5 Å². The summed E-state index contributed by atoms with van der Waals surface area (Å²) < 4.78 is 13.2. The number of hydrogen-bond donors (Lipinski definition) is 1. The lowest BCUT2D eigenvalue weighted by Gasteiger charge is -2.34. The van der Waals surface area contributed by atoms with E-state index in [1.165, 1.54) is 10.6 Å². The van der Waals surface area contributed by atoms with Crippen LogP contribution in [0.15, 0.2) is 53.2 Å². The normalized spacial score (nSPS) is 15.0. The topological polar surface area (TPSA) is 60.8 Å². The van der Waals surface area contributed by atoms with Crippen LogP contribution in [-0.4, -0.2) is 47.6 Å². The molecule has 0 unspecified atom stereocenters. The van der Waals surface area contributed by atoms with Gasteiger partial charge in [-0.3, -0.25) is 4.98 Å². The van der Waals surface area contributed by atoms with Crippen molar-refractivity contribution in [2.75, 3.05) is 37.7 Å². The molecule has 1 aliphatic heterocycles. The first-order valence-corrected chi connectivity index (χ1v) is 9.94. The van der Waals surface area contributed by atoms with Gasteiger partial charge in [0.2, 0.25) is 5.89 Å². The summed E-state index contributed by atoms with van der Waals surface area (Å²) in [5.74, 6) is 1.47. The van der Waals surface area contributed by atoms with Crippen LogP contribution >= 0.6 is 12.2 Å². The van der Waals surface area contributed by atoms with Gasteiger partial charge in [-0.05, 0) is 43.4 Å². The standard InChI is InChI=1S/C20H23N5O2S/c1-2-26-18-8-4-3-7-17(18)24-12-10-23(11-13-24)15-25-20(28)27-19(22-25)16-6-5-9-21-14-16/h3-9,14H,2,10-13,15H2,1H3/p+1. The number of hydrogen-bond acceptors (Lipinski definition) is 6. The molecule has 2 aromatic heterocycles. The van der Waals surface area contributed by atoms with E-state index in [2.05, 4.69) is 27.1 Å². The first-order chi connectivity index (χ1) is 13.7. The molecule has 3 aromatic rings. The SMILES string of the molecule is CCOc1ccccc1N1CC[NH+](Cn2nc(-c3cccnc3)oc2=S)CC1. The molecule has 1 aliphatic rings. The summed E-state index contributed by atoms with van der Waals surface area (Å²) in [6.07, 6.45) is 3.45. The second kappa shape index (κ2) is 8.53. The van der Waals surface area contributed by atoms with Gasteiger partial charge in [0, 0.05) is 12.4 Å². The molecule has 0 amide bonds. The molecule has 8 heteroatoms. The van der Waals surface area contributed by atoms with Gasteiger partial charge in [-0.2, -0.15) is 4.68 Å². The average molecular weight is 399 g/mol. The molecule has 1 N–H and O–H groups in total. The fourth-order valence-electron chi connectivity index (χ4n) is 3.44. The molecule has 146 valence electrons. The van der Waals surface area contributed by atoms with E-state index in [0.717, 1.165) is 37.5 Å². The van der Waals surface area contributed by atoms with Crippen molar-refractivity contribution in [2.24, 2.45) is 0 Å². The Bertz CT molecular complexity index is 964. The van der Waals surface area contributed by atoms with Crippen molar-refractivity contribution in [2.45, 2.75) is 13.6 Å². The van der Waals surface area contributed by atoms with Gasteiger partial charge in [0.05, 0.1) is 44.0 Å². The van der Waals surface area contributed by atoms with E-state index in [1.54, 1.807) is 17.1 Å². The number of ether oxygens (including phenoxy) is 1. The van der Waals surface area contributed by atoms with Crippen molar-refractivity contribution in [1.82, 2.24) is 14.8 Å². The van der Waals surface area contributed by atoms with Crippen molar-refractivity contribution < 1.29 is 14.1 Å². The number of aromatic nitrogens is 3. The lowest BCUT2D eigenvalue weighted by molar-refractivity contribution is -0.924. The fraction of sp³-hybridized carbons (Fsp3) is 0.350. The van der Waals surface area contributed by atoms with Gasteiger partial charge < -0.3 is 19.0 Å². The highest BCUT2D eigenvalue weighted by atomic mass is 32.1. The van der Waals surface area contributed by atoms with Gasteiger partial charge in [-0.15, -0.1) is 5.10 Å². The Balaban J connectivity index is 1.40. The lowest BCUT2D eigenvalue weighted by atomic mass is 10.2. The first-order valence-electron chi connectivity index (χ1n) is 9.53. The van der Waals surface area contributed by atoms with Gasteiger partial charge in [0.1, 0.15) is 5.75 Å². The number of nitrogens with zero attached hydrogens (tertiary/aromatic N) is 4. The highest BCUT2D eigenvalue weighted by Gasteiger charge is 2.23. The molecule has 7 nitrogen and oxygen atoms in total. The minimum atomic E-state index is 0.399. The minimum Gasteiger partial charge on any atom is -0.492 e. The molecule has 0 spiro atoms. The largest absolute Gasteiger partial charge is 0.492 e. The van der Waals surface area contributed by atoms with Crippen LogP contribution in [0, 0.1) is 4.84 Å². The number of rotatable bonds is 6. The molecule has 1 aromatic carbocycles. The number of benzene rings is 1. The predicted molar refractivity (Wildman–Crippen MR) is 109 cm³/mol. The van der Waals surface area contributed by atoms with E-state index in [4.69, 9.17) is 21.4 Å². The third-order valence-corrected chi connectivity index (χ3v) is 5.16. The molecule has 0 radical (unpaired) electrons. The molecule has 0 atom stereocenters. The first kappa shape index (κ1) is 18.6. The maximum Gasteiger partial charge on any atom is 0.292 e. The van der Waals surface area contributed by atoms with Gasteiger partial charge in [-0.1, -0.05) is 12.1 Å². The maximum absolute atomic E-state index is 5.78. The van der Waals surface area contributed by atoms with E-state index >= 15 is 0 Å². The van der Waals surface area contributed by atoms with E-state index in [1.807, 2.05) is 31.2 Å².